The van der Waals surface area contributed by atoms with Crippen LogP contribution in [0.1, 0.15) is 0 Å². The molecule has 0 aromatic carbocycles. The van der Waals surface area contributed by atoms with E-state index in [1.807, 2.05) is 0 Å². The van der Waals surface area contributed by atoms with Crippen LogP contribution in [0.4, 0.5) is 0 Å². The van der Waals surface area contributed by atoms with E-state index in [0.717, 1.165) is 0 Å². The van der Waals surface area contributed by atoms with Crippen molar-refractivity contribution in [3.8, 4) is 5.75 Å². The molecule has 1 rings (SSSR count). The molecule has 5 heteroatoms. The lowest BCUT2D eigenvalue weighted by molar-refractivity contribution is 0.460. The van der Waals surface area contributed by atoms with Gasteiger partial charge >= 0.3 is 0 Å². The monoisotopic (exact) mass is 190 g/mol. The van der Waals surface area contributed by atoms with Crippen molar-refractivity contribution in [2.24, 2.45) is 5.73 Å². The average molecular weight is 191 g/mol. The third-order valence-corrected chi connectivity index (χ3v) is 1.35. The van der Waals surface area contributed by atoms with E-state index in [1.54, 1.807) is 10.8 Å². The molecule has 4 nitrogen and oxygen atoms in total. The number of nitrogens with zero attached hydrogens (tertiary/aromatic N) is 1. The van der Waals surface area contributed by atoms with Crippen LogP contribution in [-0.2, 0) is 6.54 Å². The van der Waals surface area contributed by atoms with Crippen LogP contribution in [0.2, 0.25) is 0 Å². The Balaban J connectivity index is 0.00000121. The highest BCUT2D eigenvalue weighted by molar-refractivity contribution is 5.85. The Morgan fingerprint density at radius 1 is 1.58 bits per heavy atom. The summed E-state index contributed by atoms with van der Waals surface area (Å²) in [5.41, 5.74) is 4.91. The van der Waals surface area contributed by atoms with Gasteiger partial charge in [-0.25, -0.2) is 0 Å². The first-order valence-corrected chi connectivity index (χ1v) is 3.33. The summed E-state index contributed by atoms with van der Waals surface area (Å²) in [4.78, 5) is 10.7. The fourth-order valence-electron chi connectivity index (χ4n) is 0.801. The van der Waals surface area contributed by atoms with Gasteiger partial charge in [0.1, 0.15) is 0 Å². The molecule has 0 fully saturated rings. The standard InChI is InChI=1S/C7H10N2O2.ClH/c8-2-4-9-3-1-6(10)7(11)5-9;/h1,3,5,11H,2,4,8H2;1H. The zero-order valence-corrected chi connectivity index (χ0v) is 7.25. The van der Waals surface area contributed by atoms with E-state index in [4.69, 9.17) is 10.8 Å². The normalized spacial score (nSPS) is 9.08. The van der Waals surface area contributed by atoms with Crippen LogP contribution in [0.3, 0.4) is 0 Å². The summed E-state index contributed by atoms with van der Waals surface area (Å²) in [5, 5.41) is 8.95. The third kappa shape index (κ3) is 2.56. The van der Waals surface area contributed by atoms with Crippen molar-refractivity contribution in [1.82, 2.24) is 4.57 Å². The van der Waals surface area contributed by atoms with Crippen LogP contribution >= 0.6 is 12.4 Å². The van der Waals surface area contributed by atoms with Crippen LogP contribution in [0.5, 0.6) is 5.75 Å². The second kappa shape index (κ2) is 4.79. The molecule has 0 bridgehead atoms. The summed E-state index contributed by atoms with van der Waals surface area (Å²) in [6, 6.07) is 1.31. The molecule has 1 aromatic heterocycles. The average Bonchev–Trinajstić information content (AvgIpc) is 1.98. The van der Waals surface area contributed by atoms with Gasteiger partial charge in [0.25, 0.3) is 0 Å². The maximum absolute atomic E-state index is 10.7. The van der Waals surface area contributed by atoms with Gasteiger partial charge < -0.3 is 15.4 Å². The highest BCUT2D eigenvalue weighted by Gasteiger charge is 1.94. The number of nitrogens with two attached hydrogens (primary N) is 1. The van der Waals surface area contributed by atoms with Crippen molar-refractivity contribution in [1.29, 1.82) is 0 Å². The van der Waals surface area contributed by atoms with Gasteiger partial charge in [-0.1, -0.05) is 0 Å². The molecule has 0 aliphatic rings. The number of pyridine rings is 1. The highest BCUT2D eigenvalue weighted by atomic mass is 35.5. The van der Waals surface area contributed by atoms with Gasteiger partial charge in [0.2, 0.25) is 5.43 Å². The molecule has 0 unspecified atom stereocenters. The van der Waals surface area contributed by atoms with Crippen LogP contribution in [0, 0.1) is 0 Å². The van der Waals surface area contributed by atoms with Gasteiger partial charge in [0.15, 0.2) is 5.75 Å². The predicted molar refractivity (Wildman–Crippen MR) is 48.7 cm³/mol. The first kappa shape index (κ1) is 11.0. The lowest BCUT2D eigenvalue weighted by atomic mass is 10.4. The van der Waals surface area contributed by atoms with Gasteiger partial charge in [0.05, 0.1) is 0 Å². The van der Waals surface area contributed by atoms with E-state index in [9.17, 15) is 4.79 Å². The second-order valence-electron chi connectivity index (χ2n) is 2.22. The number of halogens is 1. The van der Waals surface area contributed by atoms with Crippen molar-refractivity contribution in [2.75, 3.05) is 6.54 Å². The fraction of sp³-hybridized carbons (Fsp3) is 0.286. The number of aromatic nitrogens is 1. The maximum atomic E-state index is 10.7. The lowest BCUT2D eigenvalue weighted by Gasteiger charge is -2.02. The minimum absolute atomic E-state index is 0. The molecular weight excluding hydrogens is 180 g/mol. The van der Waals surface area contributed by atoms with Crippen molar-refractivity contribution in [2.45, 2.75) is 6.54 Å². The van der Waals surface area contributed by atoms with E-state index in [0.29, 0.717) is 13.1 Å². The maximum Gasteiger partial charge on any atom is 0.223 e. The van der Waals surface area contributed by atoms with Crippen LogP contribution in [0.25, 0.3) is 0 Å². The molecule has 0 saturated carbocycles. The Bertz CT molecular complexity index is 298. The molecule has 0 atom stereocenters. The molecule has 68 valence electrons. The first-order valence-electron chi connectivity index (χ1n) is 3.33. The highest BCUT2D eigenvalue weighted by Crippen LogP contribution is 1.97. The van der Waals surface area contributed by atoms with Crippen molar-refractivity contribution in [3.05, 3.63) is 28.7 Å². The summed E-state index contributed by atoms with van der Waals surface area (Å²) in [6.07, 6.45) is 2.96. The Hall–Kier alpha value is -1.00. The molecule has 1 heterocycles. The van der Waals surface area contributed by atoms with E-state index in [2.05, 4.69) is 0 Å². The zero-order chi connectivity index (χ0) is 8.27. The van der Waals surface area contributed by atoms with Crippen molar-refractivity contribution >= 4 is 12.4 Å². The second-order valence-corrected chi connectivity index (χ2v) is 2.22. The van der Waals surface area contributed by atoms with Gasteiger partial charge in [-0.05, 0) is 0 Å². The minimum Gasteiger partial charge on any atom is -0.503 e. The van der Waals surface area contributed by atoms with Gasteiger partial charge in [-0.2, -0.15) is 0 Å². The Morgan fingerprint density at radius 3 is 2.75 bits per heavy atom. The largest absolute Gasteiger partial charge is 0.503 e. The number of hydrogen-bond acceptors (Lipinski definition) is 3. The minimum atomic E-state index is -0.363. The Morgan fingerprint density at radius 2 is 2.25 bits per heavy atom. The van der Waals surface area contributed by atoms with Gasteiger partial charge in [-0.3, -0.25) is 4.79 Å². The molecule has 12 heavy (non-hydrogen) atoms. The first-order chi connectivity index (χ1) is 5.24. The SMILES string of the molecule is Cl.NCCn1ccc(=O)c(O)c1. The van der Waals surface area contributed by atoms with Gasteiger partial charge in [0, 0.05) is 31.5 Å². The van der Waals surface area contributed by atoms with Crippen LogP contribution < -0.4 is 11.2 Å². The topological polar surface area (TPSA) is 68.2 Å². The van der Waals surface area contributed by atoms with Crippen molar-refractivity contribution in [3.63, 3.8) is 0 Å². The lowest BCUT2D eigenvalue weighted by Crippen LogP contribution is -2.11. The summed E-state index contributed by atoms with van der Waals surface area (Å²) < 4.78 is 1.66. The predicted octanol–water partition coefficient (Wildman–Crippen LogP) is -0.0656. The van der Waals surface area contributed by atoms with E-state index in [1.165, 1.54) is 12.3 Å². The molecule has 0 spiro atoms. The Kier molecular flexibility index (Phi) is 4.39. The zero-order valence-electron chi connectivity index (χ0n) is 6.43. The molecule has 0 aliphatic carbocycles. The molecule has 0 amide bonds. The quantitative estimate of drug-likeness (QED) is 0.686. The fourth-order valence-corrected chi connectivity index (χ4v) is 0.801. The van der Waals surface area contributed by atoms with Gasteiger partial charge in [-0.15, -0.1) is 12.4 Å². The van der Waals surface area contributed by atoms with E-state index in [-0.39, 0.29) is 23.6 Å². The number of hydrogen-bond donors (Lipinski definition) is 2. The van der Waals surface area contributed by atoms with E-state index < -0.39 is 0 Å². The summed E-state index contributed by atoms with van der Waals surface area (Å²) in [6.45, 7) is 1.09. The van der Waals surface area contributed by atoms with Crippen LogP contribution in [-0.4, -0.2) is 16.2 Å². The van der Waals surface area contributed by atoms with E-state index >= 15 is 0 Å². The Labute approximate surface area is 76.0 Å². The third-order valence-electron chi connectivity index (χ3n) is 1.35. The summed E-state index contributed by atoms with van der Waals surface area (Å²) in [7, 11) is 0. The summed E-state index contributed by atoms with van der Waals surface area (Å²) in [5.74, 6) is -0.235. The number of rotatable bonds is 2. The molecule has 3 N–H and O–H groups in total. The molecule has 0 radical (unpaired) electrons. The smallest absolute Gasteiger partial charge is 0.223 e. The summed E-state index contributed by atoms with van der Waals surface area (Å²) >= 11 is 0. The van der Waals surface area contributed by atoms with Crippen LogP contribution in [0.15, 0.2) is 23.3 Å². The molecule has 0 aliphatic heterocycles. The molecule has 1 aromatic rings. The van der Waals surface area contributed by atoms with Crippen molar-refractivity contribution < 1.29 is 5.11 Å². The molecule has 0 saturated heterocycles. The molecular formula is C7H11ClN2O2. The number of aromatic hydroxyl groups is 1.